The number of aromatic nitrogens is 1. The predicted molar refractivity (Wildman–Crippen MR) is 111 cm³/mol. The number of nitrogens with zero attached hydrogens (tertiary/aromatic N) is 2. The molecule has 1 saturated heterocycles. The molecule has 1 fully saturated rings. The summed E-state index contributed by atoms with van der Waals surface area (Å²) < 4.78 is 5.74. The SMILES string of the molecule is CCc1cnc(CNC(=NC)NCC2(SC)CCOCC2)s1.I. The molecule has 132 valence electrons. The fraction of sp³-hybridized carbons (Fsp3) is 0.733. The predicted octanol–water partition coefficient (Wildman–Crippen LogP) is 2.90. The van der Waals surface area contributed by atoms with Crippen LogP contribution < -0.4 is 10.6 Å². The Labute approximate surface area is 164 Å². The normalized spacial score (nSPS) is 17.4. The van der Waals surface area contributed by atoms with Gasteiger partial charge < -0.3 is 15.4 Å². The van der Waals surface area contributed by atoms with E-state index in [1.165, 1.54) is 4.88 Å². The molecule has 8 heteroatoms. The summed E-state index contributed by atoms with van der Waals surface area (Å²) in [7, 11) is 1.81. The monoisotopic (exact) mass is 470 g/mol. The number of hydrogen-bond acceptors (Lipinski definition) is 5. The molecule has 23 heavy (non-hydrogen) atoms. The molecule has 5 nitrogen and oxygen atoms in total. The third kappa shape index (κ3) is 6.39. The van der Waals surface area contributed by atoms with Crippen molar-refractivity contribution in [1.29, 1.82) is 0 Å². The molecule has 0 radical (unpaired) electrons. The standard InChI is InChI=1S/C15H26N4OS2.HI/c1-4-12-9-17-13(22-12)10-18-14(16-2)19-11-15(21-3)5-7-20-8-6-15;/h9H,4-8,10-11H2,1-3H3,(H2,16,18,19);1H. The molecule has 1 aliphatic heterocycles. The first-order valence-corrected chi connectivity index (χ1v) is 9.76. The maximum absolute atomic E-state index is 5.48. The van der Waals surface area contributed by atoms with Crippen molar-refractivity contribution < 1.29 is 4.74 Å². The number of thioether (sulfide) groups is 1. The molecule has 2 heterocycles. The van der Waals surface area contributed by atoms with Gasteiger partial charge in [0, 0.05) is 42.6 Å². The van der Waals surface area contributed by atoms with Crippen LogP contribution in [0.3, 0.4) is 0 Å². The third-order valence-corrected chi connectivity index (χ3v) is 6.56. The highest BCUT2D eigenvalue weighted by molar-refractivity contribution is 14.0. The molecule has 1 aliphatic rings. The van der Waals surface area contributed by atoms with E-state index in [0.29, 0.717) is 0 Å². The summed E-state index contributed by atoms with van der Waals surface area (Å²) in [5.41, 5.74) is 0. The first-order valence-electron chi connectivity index (χ1n) is 7.72. The minimum atomic E-state index is 0. The molecule has 2 N–H and O–H groups in total. The van der Waals surface area contributed by atoms with Gasteiger partial charge >= 0.3 is 0 Å². The molecule has 1 aromatic heterocycles. The maximum Gasteiger partial charge on any atom is 0.191 e. The van der Waals surface area contributed by atoms with Crippen LogP contribution in [-0.4, -0.2) is 48.8 Å². The summed E-state index contributed by atoms with van der Waals surface area (Å²) >= 11 is 3.69. The largest absolute Gasteiger partial charge is 0.381 e. The number of hydrogen-bond donors (Lipinski definition) is 2. The molecule has 0 spiro atoms. The molecular formula is C15H27IN4OS2. The fourth-order valence-electron chi connectivity index (χ4n) is 2.41. The third-order valence-electron chi connectivity index (χ3n) is 4.00. The number of rotatable bonds is 6. The van der Waals surface area contributed by atoms with Crippen molar-refractivity contribution in [3.63, 3.8) is 0 Å². The summed E-state index contributed by atoms with van der Waals surface area (Å²) in [5.74, 6) is 0.841. The van der Waals surface area contributed by atoms with Gasteiger partial charge in [0.25, 0.3) is 0 Å². The van der Waals surface area contributed by atoms with E-state index in [0.717, 1.165) is 56.5 Å². The van der Waals surface area contributed by atoms with Crippen LogP contribution in [0.15, 0.2) is 11.2 Å². The zero-order valence-corrected chi connectivity index (χ0v) is 18.0. The van der Waals surface area contributed by atoms with Crippen molar-refractivity contribution in [1.82, 2.24) is 15.6 Å². The van der Waals surface area contributed by atoms with E-state index in [4.69, 9.17) is 4.74 Å². The zero-order valence-electron chi connectivity index (χ0n) is 14.1. The van der Waals surface area contributed by atoms with E-state index < -0.39 is 0 Å². The van der Waals surface area contributed by atoms with Gasteiger partial charge in [-0.05, 0) is 25.5 Å². The second-order valence-corrected chi connectivity index (χ2v) is 7.83. The van der Waals surface area contributed by atoms with Crippen molar-refractivity contribution in [2.24, 2.45) is 4.99 Å². The van der Waals surface area contributed by atoms with Gasteiger partial charge in [0.1, 0.15) is 5.01 Å². The lowest BCUT2D eigenvalue weighted by Gasteiger charge is -2.36. The lowest BCUT2D eigenvalue weighted by atomic mass is 9.99. The molecule has 2 rings (SSSR count). The Morgan fingerprint density at radius 3 is 2.74 bits per heavy atom. The van der Waals surface area contributed by atoms with E-state index in [9.17, 15) is 0 Å². The minimum absolute atomic E-state index is 0. The van der Waals surface area contributed by atoms with Gasteiger partial charge in [-0.2, -0.15) is 11.8 Å². The van der Waals surface area contributed by atoms with E-state index >= 15 is 0 Å². The Hall–Kier alpha value is -0.0600. The molecule has 0 saturated carbocycles. The van der Waals surface area contributed by atoms with Gasteiger partial charge in [0.2, 0.25) is 0 Å². The number of guanidine groups is 1. The van der Waals surface area contributed by atoms with E-state index in [-0.39, 0.29) is 28.7 Å². The average Bonchev–Trinajstić information content (AvgIpc) is 3.04. The van der Waals surface area contributed by atoms with Crippen molar-refractivity contribution >= 4 is 53.0 Å². The summed E-state index contributed by atoms with van der Waals surface area (Å²) in [5, 5.41) is 7.91. The lowest BCUT2D eigenvalue weighted by molar-refractivity contribution is 0.0783. The molecule has 0 bridgehead atoms. The van der Waals surface area contributed by atoms with Gasteiger partial charge in [-0.25, -0.2) is 4.98 Å². The highest BCUT2D eigenvalue weighted by Crippen LogP contribution is 2.32. The molecule has 0 aliphatic carbocycles. The fourth-order valence-corrected chi connectivity index (χ4v) is 4.01. The molecular weight excluding hydrogens is 443 g/mol. The number of halogens is 1. The lowest BCUT2D eigenvalue weighted by Crippen LogP contribution is -2.47. The Morgan fingerprint density at radius 2 is 2.17 bits per heavy atom. The van der Waals surface area contributed by atoms with Crippen LogP contribution in [0.5, 0.6) is 0 Å². The van der Waals surface area contributed by atoms with Crippen LogP contribution in [0, 0.1) is 0 Å². The van der Waals surface area contributed by atoms with Crippen molar-refractivity contribution in [3.05, 3.63) is 16.1 Å². The van der Waals surface area contributed by atoms with Crippen LogP contribution in [-0.2, 0) is 17.7 Å². The highest BCUT2D eigenvalue weighted by Gasteiger charge is 2.31. The number of aryl methyl sites for hydroxylation is 1. The van der Waals surface area contributed by atoms with Gasteiger partial charge in [0.15, 0.2) is 5.96 Å². The number of thiazole rings is 1. The van der Waals surface area contributed by atoms with Gasteiger partial charge in [-0.3, -0.25) is 4.99 Å². The van der Waals surface area contributed by atoms with Crippen LogP contribution in [0.1, 0.15) is 29.7 Å². The first-order chi connectivity index (χ1) is 10.7. The van der Waals surface area contributed by atoms with Crippen molar-refractivity contribution in [2.75, 3.05) is 33.1 Å². The second-order valence-electron chi connectivity index (χ2n) is 5.35. The smallest absolute Gasteiger partial charge is 0.191 e. The zero-order chi connectivity index (χ0) is 15.8. The number of aliphatic imine (C=N–C) groups is 1. The van der Waals surface area contributed by atoms with Crippen LogP contribution in [0.2, 0.25) is 0 Å². The van der Waals surface area contributed by atoms with Gasteiger partial charge in [-0.15, -0.1) is 35.3 Å². The average molecular weight is 470 g/mol. The van der Waals surface area contributed by atoms with E-state index in [1.54, 1.807) is 11.3 Å². The Kier molecular flexibility index (Phi) is 9.79. The molecule has 0 unspecified atom stereocenters. The van der Waals surface area contributed by atoms with E-state index in [2.05, 4.69) is 33.8 Å². The minimum Gasteiger partial charge on any atom is -0.381 e. The first kappa shape index (κ1) is 21.0. The molecule has 0 aromatic carbocycles. The van der Waals surface area contributed by atoms with Gasteiger partial charge in [-0.1, -0.05) is 6.92 Å². The second kappa shape index (κ2) is 10.7. The number of nitrogens with one attached hydrogen (secondary N) is 2. The summed E-state index contributed by atoms with van der Waals surface area (Å²) in [6, 6.07) is 0. The summed E-state index contributed by atoms with van der Waals surface area (Å²) in [4.78, 5) is 10.1. The quantitative estimate of drug-likeness (QED) is 0.381. The number of ether oxygens (including phenoxy) is 1. The van der Waals surface area contributed by atoms with Crippen molar-refractivity contribution in [3.8, 4) is 0 Å². The highest BCUT2D eigenvalue weighted by atomic mass is 127. The molecule has 1 aromatic rings. The Balaban J connectivity index is 0.00000264. The Morgan fingerprint density at radius 1 is 1.43 bits per heavy atom. The van der Waals surface area contributed by atoms with Gasteiger partial charge in [0.05, 0.1) is 6.54 Å². The van der Waals surface area contributed by atoms with Crippen LogP contribution in [0.25, 0.3) is 0 Å². The molecule has 0 atom stereocenters. The van der Waals surface area contributed by atoms with Crippen molar-refractivity contribution in [2.45, 2.75) is 37.5 Å². The maximum atomic E-state index is 5.48. The Bertz CT molecular complexity index is 490. The molecule has 0 amide bonds. The van der Waals surface area contributed by atoms with E-state index in [1.807, 2.05) is 25.0 Å². The van der Waals surface area contributed by atoms with Crippen LogP contribution in [0.4, 0.5) is 0 Å². The summed E-state index contributed by atoms with van der Waals surface area (Å²) in [6.07, 6.45) is 7.37. The van der Waals surface area contributed by atoms with Crippen LogP contribution >= 0.6 is 47.1 Å². The topological polar surface area (TPSA) is 58.5 Å². The summed E-state index contributed by atoms with van der Waals surface area (Å²) in [6.45, 7) is 5.50.